The molecule has 0 radical (unpaired) electrons. The first-order valence-electron chi connectivity index (χ1n) is 6.07. The third kappa shape index (κ3) is 3.25. The van der Waals surface area contributed by atoms with Crippen LogP contribution in [0.3, 0.4) is 0 Å². The molecule has 6 nitrogen and oxygen atoms in total. The molecule has 0 aliphatic carbocycles. The van der Waals surface area contributed by atoms with Gasteiger partial charge in [0.2, 0.25) is 11.8 Å². The van der Waals surface area contributed by atoms with Crippen molar-refractivity contribution in [2.24, 2.45) is 0 Å². The number of hydrogen-bond acceptors (Lipinski definition) is 6. The molecule has 1 unspecified atom stereocenters. The molecule has 2 aromatic rings. The molecule has 7 heteroatoms. The molecular formula is C14H15BrN2O4. The van der Waals surface area contributed by atoms with Gasteiger partial charge in [-0.1, -0.05) is 15.9 Å². The van der Waals surface area contributed by atoms with E-state index in [-0.39, 0.29) is 11.6 Å². The number of methoxy groups -OCH3 is 3. The zero-order valence-electron chi connectivity index (χ0n) is 11.8. The summed E-state index contributed by atoms with van der Waals surface area (Å²) < 4.78 is 16.2. The lowest BCUT2D eigenvalue weighted by atomic mass is 10.1. The summed E-state index contributed by atoms with van der Waals surface area (Å²) in [5, 5.41) is 10.6. The maximum Gasteiger partial charge on any atom is 0.241 e. The van der Waals surface area contributed by atoms with E-state index in [0.717, 1.165) is 4.47 Å². The van der Waals surface area contributed by atoms with E-state index in [1.807, 2.05) is 6.07 Å². The van der Waals surface area contributed by atoms with E-state index in [1.54, 1.807) is 12.1 Å². The normalized spacial score (nSPS) is 11.9. The molecule has 21 heavy (non-hydrogen) atoms. The Bertz CT molecular complexity index is 636. The lowest BCUT2D eigenvalue weighted by molar-refractivity contribution is 0.201. The van der Waals surface area contributed by atoms with Gasteiger partial charge in [-0.15, -0.1) is 0 Å². The van der Waals surface area contributed by atoms with Crippen LogP contribution in [0.1, 0.15) is 17.4 Å². The molecule has 1 heterocycles. The van der Waals surface area contributed by atoms with Crippen LogP contribution in [0.2, 0.25) is 0 Å². The van der Waals surface area contributed by atoms with Gasteiger partial charge in [-0.3, -0.25) is 0 Å². The lowest BCUT2D eigenvalue weighted by Crippen LogP contribution is -2.08. The van der Waals surface area contributed by atoms with E-state index < -0.39 is 6.10 Å². The van der Waals surface area contributed by atoms with Gasteiger partial charge >= 0.3 is 0 Å². The number of rotatable bonds is 5. The molecule has 0 aliphatic rings. The summed E-state index contributed by atoms with van der Waals surface area (Å²) in [5.41, 5.74) is 0.847. The fraction of sp³-hybridized carbons (Fsp3) is 0.286. The fourth-order valence-electron chi connectivity index (χ4n) is 1.87. The Balaban J connectivity index is 2.49. The summed E-state index contributed by atoms with van der Waals surface area (Å²) in [6, 6.07) is 5.34. The highest BCUT2D eigenvalue weighted by atomic mass is 79.9. The maximum atomic E-state index is 10.6. The minimum Gasteiger partial charge on any atom is -0.496 e. The van der Waals surface area contributed by atoms with Gasteiger partial charge in [-0.2, -0.15) is 4.98 Å². The summed E-state index contributed by atoms with van der Waals surface area (Å²) in [6.07, 6.45) is 0.386. The summed E-state index contributed by atoms with van der Waals surface area (Å²) >= 11 is 3.37. The summed E-state index contributed by atoms with van der Waals surface area (Å²) in [4.78, 5) is 8.28. The van der Waals surface area contributed by atoms with Crippen molar-refractivity contribution in [1.29, 1.82) is 0 Å². The number of aliphatic hydroxyl groups excluding tert-OH is 1. The zero-order chi connectivity index (χ0) is 15.4. The average Bonchev–Trinajstić information content (AvgIpc) is 2.53. The van der Waals surface area contributed by atoms with Gasteiger partial charge in [0.05, 0.1) is 27.5 Å². The monoisotopic (exact) mass is 354 g/mol. The molecule has 0 aliphatic heterocycles. The van der Waals surface area contributed by atoms with Crippen LogP contribution >= 0.6 is 15.9 Å². The number of ether oxygens (including phenoxy) is 3. The first kappa shape index (κ1) is 15.5. The van der Waals surface area contributed by atoms with Gasteiger partial charge in [0.15, 0.2) is 0 Å². The number of nitrogens with zero attached hydrogens (tertiary/aromatic N) is 2. The quantitative estimate of drug-likeness (QED) is 0.888. The molecule has 0 amide bonds. The van der Waals surface area contributed by atoms with Crippen LogP contribution in [-0.2, 0) is 0 Å². The van der Waals surface area contributed by atoms with Crippen LogP contribution in [0.5, 0.6) is 17.5 Å². The first-order valence-corrected chi connectivity index (χ1v) is 6.86. The van der Waals surface area contributed by atoms with E-state index in [1.165, 1.54) is 27.5 Å². The summed E-state index contributed by atoms with van der Waals surface area (Å²) in [6.45, 7) is 0. The first-order chi connectivity index (χ1) is 10.1. The highest BCUT2D eigenvalue weighted by Gasteiger charge is 2.22. The molecule has 0 saturated heterocycles. The zero-order valence-corrected chi connectivity index (χ0v) is 13.4. The fourth-order valence-corrected chi connectivity index (χ4v) is 2.25. The van der Waals surface area contributed by atoms with Gasteiger partial charge in [-0.25, -0.2) is 4.98 Å². The van der Waals surface area contributed by atoms with Crippen molar-refractivity contribution >= 4 is 15.9 Å². The van der Waals surface area contributed by atoms with Crippen molar-refractivity contribution in [3.63, 3.8) is 0 Å². The average molecular weight is 355 g/mol. The van der Waals surface area contributed by atoms with E-state index >= 15 is 0 Å². The Hall–Kier alpha value is -1.86. The van der Waals surface area contributed by atoms with E-state index in [9.17, 15) is 5.11 Å². The number of halogens is 1. The molecule has 0 spiro atoms. The Morgan fingerprint density at radius 1 is 1.14 bits per heavy atom. The van der Waals surface area contributed by atoms with Gasteiger partial charge < -0.3 is 19.3 Å². The standard InChI is InChI=1S/C14H15BrN2O4/c1-19-10-5-4-8(15)6-9(10)13(18)12-14(21-3)17-11(20-2)7-16-12/h4-7,13,18H,1-3H3. The minimum atomic E-state index is -1.04. The Kier molecular flexibility index (Phi) is 4.98. The molecule has 0 bridgehead atoms. The maximum absolute atomic E-state index is 10.6. The van der Waals surface area contributed by atoms with Crippen molar-refractivity contribution < 1.29 is 19.3 Å². The predicted octanol–water partition coefficient (Wildman–Crippen LogP) is 2.35. The second-order valence-corrected chi connectivity index (χ2v) is 5.01. The number of aromatic nitrogens is 2. The molecule has 1 N–H and O–H groups in total. The van der Waals surface area contributed by atoms with E-state index in [0.29, 0.717) is 17.2 Å². The predicted molar refractivity (Wildman–Crippen MR) is 79.9 cm³/mol. The molecule has 1 atom stereocenters. The lowest BCUT2D eigenvalue weighted by Gasteiger charge is -2.16. The van der Waals surface area contributed by atoms with Crippen molar-refractivity contribution in [1.82, 2.24) is 9.97 Å². The topological polar surface area (TPSA) is 73.7 Å². The van der Waals surface area contributed by atoms with Crippen molar-refractivity contribution in [2.75, 3.05) is 21.3 Å². The second-order valence-electron chi connectivity index (χ2n) is 4.10. The Morgan fingerprint density at radius 2 is 1.90 bits per heavy atom. The van der Waals surface area contributed by atoms with Gasteiger partial charge in [0.25, 0.3) is 0 Å². The van der Waals surface area contributed by atoms with Crippen LogP contribution in [-0.4, -0.2) is 36.4 Å². The van der Waals surface area contributed by atoms with Crippen LogP contribution in [0, 0.1) is 0 Å². The van der Waals surface area contributed by atoms with Crippen molar-refractivity contribution in [2.45, 2.75) is 6.10 Å². The van der Waals surface area contributed by atoms with Crippen molar-refractivity contribution in [3.8, 4) is 17.5 Å². The van der Waals surface area contributed by atoms with Gasteiger partial charge in [0.1, 0.15) is 17.5 Å². The molecule has 0 fully saturated rings. The molecular weight excluding hydrogens is 340 g/mol. The number of aliphatic hydroxyl groups is 1. The minimum absolute atomic E-state index is 0.198. The third-order valence-electron chi connectivity index (χ3n) is 2.89. The Labute approximate surface area is 130 Å². The van der Waals surface area contributed by atoms with Crippen LogP contribution < -0.4 is 14.2 Å². The molecule has 1 aromatic heterocycles. The van der Waals surface area contributed by atoms with Gasteiger partial charge in [-0.05, 0) is 18.2 Å². The smallest absolute Gasteiger partial charge is 0.241 e. The highest BCUT2D eigenvalue weighted by molar-refractivity contribution is 9.10. The molecule has 1 aromatic carbocycles. The summed E-state index contributed by atoms with van der Waals surface area (Å²) in [5.74, 6) is 1.05. The largest absolute Gasteiger partial charge is 0.496 e. The van der Waals surface area contributed by atoms with Crippen LogP contribution in [0.25, 0.3) is 0 Å². The van der Waals surface area contributed by atoms with Crippen LogP contribution in [0.4, 0.5) is 0 Å². The van der Waals surface area contributed by atoms with E-state index in [2.05, 4.69) is 25.9 Å². The van der Waals surface area contributed by atoms with Crippen LogP contribution in [0.15, 0.2) is 28.9 Å². The molecule has 2 rings (SSSR count). The molecule has 0 saturated carbocycles. The van der Waals surface area contributed by atoms with Crippen molar-refractivity contribution in [3.05, 3.63) is 40.1 Å². The second kappa shape index (κ2) is 6.73. The Morgan fingerprint density at radius 3 is 2.52 bits per heavy atom. The number of benzene rings is 1. The van der Waals surface area contributed by atoms with E-state index in [4.69, 9.17) is 14.2 Å². The highest BCUT2D eigenvalue weighted by Crippen LogP contribution is 2.34. The summed E-state index contributed by atoms with van der Waals surface area (Å²) in [7, 11) is 4.48. The number of hydrogen-bond donors (Lipinski definition) is 1. The molecule has 112 valence electrons. The van der Waals surface area contributed by atoms with Gasteiger partial charge in [0, 0.05) is 10.0 Å². The SMILES string of the molecule is COc1cnc(C(O)c2cc(Br)ccc2OC)c(OC)n1. The third-order valence-corrected chi connectivity index (χ3v) is 3.39.